The Kier molecular flexibility index (Phi) is 3.87. The monoisotopic (exact) mass is 249 g/mol. The summed E-state index contributed by atoms with van der Waals surface area (Å²) >= 11 is 0. The zero-order valence-electron chi connectivity index (χ0n) is 10.6. The van der Waals surface area contributed by atoms with Gasteiger partial charge in [0.15, 0.2) is 0 Å². The lowest BCUT2D eigenvalue weighted by Crippen LogP contribution is -2.35. The standard InChI is InChI=1S/C14H19NO3/c1-2-14(17)8-9-15(11-14)13(16)18-10-12-6-4-3-5-7-12/h3-7,17H,2,8-11H2,1H3. The number of hydrogen-bond acceptors (Lipinski definition) is 3. The van der Waals surface area contributed by atoms with Gasteiger partial charge < -0.3 is 14.7 Å². The van der Waals surface area contributed by atoms with Gasteiger partial charge in [0.05, 0.1) is 12.1 Å². The van der Waals surface area contributed by atoms with E-state index in [4.69, 9.17) is 4.74 Å². The molecule has 1 saturated heterocycles. The van der Waals surface area contributed by atoms with E-state index in [1.54, 1.807) is 4.90 Å². The fourth-order valence-electron chi connectivity index (χ4n) is 2.11. The van der Waals surface area contributed by atoms with Crippen LogP contribution >= 0.6 is 0 Å². The molecule has 0 saturated carbocycles. The van der Waals surface area contributed by atoms with Gasteiger partial charge in [-0.3, -0.25) is 0 Å². The molecule has 1 N–H and O–H groups in total. The Morgan fingerprint density at radius 2 is 2.17 bits per heavy atom. The number of amides is 1. The number of nitrogens with zero attached hydrogens (tertiary/aromatic N) is 1. The third kappa shape index (κ3) is 3.01. The first-order valence-electron chi connectivity index (χ1n) is 6.31. The highest BCUT2D eigenvalue weighted by atomic mass is 16.6. The van der Waals surface area contributed by atoms with Gasteiger partial charge in [-0.15, -0.1) is 0 Å². The predicted molar refractivity (Wildman–Crippen MR) is 68.1 cm³/mol. The van der Waals surface area contributed by atoms with Crippen molar-refractivity contribution < 1.29 is 14.6 Å². The van der Waals surface area contributed by atoms with Crippen molar-refractivity contribution in [2.24, 2.45) is 0 Å². The number of ether oxygens (including phenoxy) is 1. The maximum atomic E-state index is 11.8. The molecule has 0 radical (unpaired) electrons. The fourth-order valence-corrected chi connectivity index (χ4v) is 2.11. The van der Waals surface area contributed by atoms with Gasteiger partial charge in [0.1, 0.15) is 6.61 Å². The molecule has 98 valence electrons. The normalized spacial score (nSPS) is 23.1. The molecule has 0 bridgehead atoms. The second-order valence-corrected chi connectivity index (χ2v) is 4.79. The van der Waals surface area contributed by atoms with Crippen LogP contribution in [0.4, 0.5) is 4.79 Å². The number of benzene rings is 1. The third-order valence-electron chi connectivity index (χ3n) is 3.45. The van der Waals surface area contributed by atoms with Gasteiger partial charge in [-0.1, -0.05) is 37.3 Å². The molecule has 1 fully saturated rings. The highest BCUT2D eigenvalue weighted by Crippen LogP contribution is 2.24. The topological polar surface area (TPSA) is 49.8 Å². The summed E-state index contributed by atoms with van der Waals surface area (Å²) in [7, 11) is 0. The van der Waals surface area contributed by atoms with E-state index in [-0.39, 0.29) is 12.7 Å². The first-order chi connectivity index (χ1) is 8.63. The maximum Gasteiger partial charge on any atom is 0.410 e. The molecule has 4 nitrogen and oxygen atoms in total. The summed E-state index contributed by atoms with van der Waals surface area (Å²) in [4.78, 5) is 13.4. The molecule has 1 aromatic carbocycles. The van der Waals surface area contributed by atoms with Gasteiger partial charge in [-0.05, 0) is 18.4 Å². The quantitative estimate of drug-likeness (QED) is 0.893. The van der Waals surface area contributed by atoms with Crippen LogP contribution in [0.25, 0.3) is 0 Å². The lowest BCUT2D eigenvalue weighted by Gasteiger charge is -2.21. The zero-order chi connectivity index (χ0) is 13.0. The third-order valence-corrected chi connectivity index (χ3v) is 3.45. The van der Waals surface area contributed by atoms with Crippen LogP contribution in [0.5, 0.6) is 0 Å². The first kappa shape index (κ1) is 12.9. The van der Waals surface area contributed by atoms with Gasteiger partial charge >= 0.3 is 6.09 Å². The van der Waals surface area contributed by atoms with Crippen molar-refractivity contribution >= 4 is 6.09 Å². The van der Waals surface area contributed by atoms with Crippen LogP contribution in [0, 0.1) is 0 Å². The van der Waals surface area contributed by atoms with Crippen LogP contribution in [0.3, 0.4) is 0 Å². The molecule has 1 aliphatic heterocycles. The summed E-state index contributed by atoms with van der Waals surface area (Å²) < 4.78 is 5.23. The summed E-state index contributed by atoms with van der Waals surface area (Å²) in [6, 6.07) is 9.58. The summed E-state index contributed by atoms with van der Waals surface area (Å²) in [6.07, 6.45) is 0.947. The maximum absolute atomic E-state index is 11.8. The van der Waals surface area contributed by atoms with E-state index in [0.29, 0.717) is 25.9 Å². The molecule has 0 aliphatic carbocycles. The highest BCUT2D eigenvalue weighted by molar-refractivity contribution is 5.68. The van der Waals surface area contributed by atoms with Crippen molar-refractivity contribution in [1.82, 2.24) is 4.90 Å². The van der Waals surface area contributed by atoms with Crippen LogP contribution in [-0.4, -0.2) is 34.8 Å². The van der Waals surface area contributed by atoms with E-state index in [1.165, 1.54) is 0 Å². The Bertz CT molecular complexity index is 407. The molecule has 1 unspecified atom stereocenters. The minimum absolute atomic E-state index is 0.278. The number of rotatable bonds is 3. The largest absolute Gasteiger partial charge is 0.445 e. The molecule has 18 heavy (non-hydrogen) atoms. The molecule has 1 amide bonds. The van der Waals surface area contributed by atoms with Crippen LogP contribution < -0.4 is 0 Å². The predicted octanol–water partition coefficient (Wildman–Crippen LogP) is 2.17. The Morgan fingerprint density at radius 1 is 1.44 bits per heavy atom. The molecular weight excluding hydrogens is 230 g/mol. The number of β-amino-alcohol motifs (C(OH)–C–C–N with tert-alkyl or cyclic N) is 1. The van der Waals surface area contributed by atoms with E-state index in [1.807, 2.05) is 37.3 Å². The second-order valence-electron chi connectivity index (χ2n) is 4.79. The van der Waals surface area contributed by atoms with Crippen LogP contribution in [-0.2, 0) is 11.3 Å². The van der Waals surface area contributed by atoms with E-state index >= 15 is 0 Å². The van der Waals surface area contributed by atoms with Gasteiger partial charge in [-0.2, -0.15) is 0 Å². The zero-order valence-corrected chi connectivity index (χ0v) is 10.6. The minimum atomic E-state index is -0.730. The molecule has 2 rings (SSSR count). The van der Waals surface area contributed by atoms with Gasteiger partial charge in [0, 0.05) is 6.54 Å². The van der Waals surface area contributed by atoms with Gasteiger partial charge in [0.25, 0.3) is 0 Å². The molecule has 0 spiro atoms. The SMILES string of the molecule is CCC1(O)CCN(C(=O)OCc2ccccc2)C1. The number of hydrogen-bond donors (Lipinski definition) is 1. The van der Waals surface area contributed by atoms with Crippen LogP contribution in [0.1, 0.15) is 25.3 Å². The molecule has 1 heterocycles. The lowest BCUT2D eigenvalue weighted by molar-refractivity contribution is 0.0403. The van der Waals surface area contributed by atoms with Crippen molar-refractivity contribution in [2.75, 3.05) is 13.1 Å². The van der Waals surface area contributed by atoms with Crippen molar-refractivity contribution in [1.29, 1.82) is 0 Å². The summed E-state index contributed by atoms with van der Waals surface area (Å²) in [5.74, 6) is 0. The molecule has 1 aromatic rings. The molecule has 4 heteroatoms. The Labute approximate surface area is 107 Å². The minimum Gasteiger partial charge on any atom is -0.445 e. The smallest absolute Gasteiger partial charge is 0.410 e. The van der Waals surface area contributed by atoms with Gasteiger partial charge in [0.2, 0.25) is 0 Å². The Balaban J connectivity index is 1.83. The van der Waals surface area contributed by atoms with Crippen LogP contribution in [0.2, 0.25) is 0 Å². The van der Waals surface area contributed by atoms with Crippen molar-refractivity contribution in [3.05, 3.63) is 35.9 Å². The van der Waals surface area contributed by atoms with Crippen molar-refractivity contribution in [2.45, 2.75) is 32.0 Å². The van der Waals surface area contributed by atoms with E-state index in [9.17, 15) is 9.90 Å². The van der Waals surface area contributed by atoms with E-state index < -0.39 is 5.60 Å². The summed E-state index contributed by atoms with van der Waals surface area (Å²) in [5.41, 5.74) is 0.238. The fraction of sp³-hybridized carbons (Fsp3) is 0.500. The Morgan fingerprint density at radius 3 is 2.78 bits per heavy atom. The van der Waals surface area contributed by atoms with E-state index in [0.717, 1.165) is 5.56 Å². The molecular formula is C14H19NO3. The Hall–Kier alpha value is -1.55. The summed E-state index contributed by atoms with van der Waals surface area (Å²) in [6.45, 7) is 3.15. The van der Waals surface area contributed by atoms with Crippen molar-refractivity contribution in [3.63, 3.8) is 0 Å². The second kappa shape index (κ2) is 5.40. The van der Waals surface area contributed by atoms with Crippen molar-refractivity contribution in [3.8, 4) is 0 Å². The lowest BCUT2D eigenvalue weighted by atomic mass is 10.0. The van der Waals surface area contributed by atoms with Crippen LogP contribution in [0.15, 0.2) is 30.3 Å². The average Bonchev–Trinajstić information content (AvgIpc) is 2.81. The first-order valence-corrected chi connectivity index (χ1v) is 6.31. The van der Waals surface area contributed by atoms with E-state index in [2.05, 4.69) is 0 Å². The van der Waals surface area contributed by atoms with Gasteiger partial charge in [-0.25, -0.2) is 4.79 Å². The average molecular weight is 249 g/mol. The number of aliphatic hydroxyl groups is 1. The molecule has 1 aliphatic rings. The summed E-state index contributed by atoms with van der Waals surface area (Å²) in [5, 5.41) is 10.1. The number of likely N-dealkylation sites (tertiary alicyclic amines) is 1. The number of carbonyl (C=O) groups excluding carboxylic acids is 1. The highest BCUT2D eigenvalue weighted by Gasteiger charge is 2.37. The molecule has 0 aromatic heterocycles. The number of carbonyl (C=O) groups is 1. The molecule has 1 atom stereocenters.